The lowest BCUT2D eigenvalue weighted by molar-refractivity contribution is 0.0944. The highest BCUT2D eigenvalue weighted by atomic mass is 16.5. The first-order chi connectivity index (χ1) is 14.7. The molecule has 0 atom stereocenters. The van der Waals surface area contributed by atoms with E-state index in [-0.39, 0.29) is 5.69 Å². The Labute approximate surface area is 174 Å². The molecule has 0 bridgehead atoms. The summed E-state index contributed by atoms with van der Waals surface area (Å²) in [6, 6.07) is 17.5. The molecule has 3 aromatic rings. The Hall–Kier alpha value is -3.68. The van der Waals surface area contributed by atoms with Crippen LogP contribution in [0.1, 0.15) is 22.5 Å². The molecule has 30 heavy (non-hydrogen) atoms. The Kier molecular flexibility index (Phi) is 5.74. The summed E-state index contributed by atoms with van der Waals surface area (Å²) in [6.07, 6.45) is 1.63. The summed E-state index contributed by atoms with van der Waals surface area (Å²) in [5.41, 5.74) is 1.50. The number of amides is 1. The van der Waals surface area contributed by atoms with E-state index in [0.29, 0.717) is 25.6 Å². The van der Waals surface area contributed by atoms with E-state index in [9.17, 15) is 9.59 Å². The maximum Gasteiger partial charge on any atom is 0.286 e. The lowest BCUT2D eigenvalue weighted by atomic mass is 10.1. The Morgan fingerprint density at radius 2 is 1.83 bits per heavy atom. The molecule has 8 heteroatoms. The molecular weight excluding hydrogens is 382 g/mol. The number of hydrogen-bond acceptors (Lipinski definition) is 6. The third kappa shape index (κ3) is 4.03. The summed E-state index contributed by atoms with van der Waals surface area (Å²) in [5.74, 6) is 0.699. The zero-order valence-corrected chi connectivity index (χ0v) is 16.7. The quantitative estimate of drug-likeness (QED) is 0.606. The standard InChI is InChI=1S/C22H23N5O3/c1-30-18-11-9-17(10-12-18)26-14-15-27-21(29)19(24-25-22(26)27)20(28)23-13-5-8-16-6-3-2-4-7-16/h2-4,6-7,9-12H,5,8,13-15H2,1H3,(H,23,28). The summed E-state index contributed by atoms with van der Waals surface area (Å²) in [6.45, 7) is 1.50. The van der Waals surface area contributed by atoms with Crippen LogP contribution in [0.4, 0.5) is 11.6 Å². The Balaban J connectivity index is 1.42. The van der Waals surface area contributed by atoms with Crippen LogP contribution < -0.4 is 20.5 Å². The Bertz CT molecular complexity index is 1080. The van der Waals surface area contributed by atoms with Crippen molar-refractivity contribution in [2.24, 2.45) is 0 Å². The van der Waals surface area contributed by atoms with Crippen molar-refractivity contribution in [2.45, 2.75) is 19.4 Å². The minimum absolute atomic E-state index is 0.171. The van der Waals surface area contributed by atoms with Crippen molar-refractivity contribution >= 4 is 17.5 Å². The molecule has 1 aliphatic heterocycles. The number of ether oxygens (including phenoxy) is 1. The summed E-state index contributed by atoms with van der Waals surface area (Å²) in [5, 5.41) is 10.9. The van der Waals surface area contributed by atoms with E-state index >= 15 is 0 Å². The van der Waals surface area contributed by atoms with E-state index in [0.717, 1.165) is 24.3 Å². The second-order valence-electron chi connectivity index (χ2n) is 7.00. The van der Waals surface area contributed by atoms with Gasteiger partial charge in [-0.25, -0.2) is 0 Å². The molecule has 8 nitrogen and oxygen atoms in total. The number of benzene rings is 2. The summed E-state index contributed by atoms with van der Waals surface area (Å²) in [7, 11) is 1.61. The van der Waals surface area contributed by atoms with Gasteiger partial charge in [-0.3, -0.25) is 14.2 Å². The van der Waals surface area contributed by atoms with Gasteiger partial charge in [0.25, 0.3) is 11.5 Å². The highest BCUT2D eigenvalue weighted by molar-refractivity contribution is 5.91. The highest BCUT2D eigenvalue weighted by Gasteiger charge is 2.27. The first-order valence-corrected chi connectivity index (χ1v) is 9.88. The predicted molar refractivity (Wildman–Crippen MR) is 113 cm³/mol. The topological polar surface area (TPSA) is 89.3 Å². The molecule has 1 aromatic heterocycles. The van der Waals surface area contributed by atoms with Crippen molar-refractivity contribution in [3.63, 3.8) is 0 Å². The first kappa shape index (κ1) is 19.6. The van der Waals surface area contributed by atoms with Crippen LogP contribution in [0.15, 0.2) is 59.4 Å². The van der Waals surface area contributed by atoms with Gasteiger partial charge in [0.15, 0.2) is 0 Å². The van der Waals surface area contributed by atoms with Crippen LogP contribution in [0.5, 0.6) is 5.75 Å². The van der Waals surface area contributed by atoms with Crippen LogP contribution in [0.3, 0.4) is 0 Å². The van der Waals surface area contributed by atoms with Crippen molar-refractivity contribution < 1.29 is 9.53 Å². The number of rotatable bonds is 7. The number of nitrogens with zero attached hydrogens (tertiary/aromatic N) is 4. The smallest absolute Gasteiger partial charge is 0.286 e. The molecule has 0 saturated heterocycles. The fourth-order valence-corrected chi connectivity index (χ4v) is 3.48. The molecule has 0 spiro atoms. The summed E-state index contributed by atoms with van der Waals surface area (Å²) >= 11 is 0. The van der Waals surface area contributed by atoms with Gasteiger partial charge < -0.3 is 15.0 Å². The maximum atomic E-state index is 12.8. The minimum atomic E-state index is -0.487. The molecular formula is C22H23N5O3. The number of hydrogen-bond donors (Lipinski definition) is 1. The molecule has 154 valence electrons. The molecule has 0 fully saturated rings. The number of fused-ring (bicyclic) bond motifs is 1. The molecule has 1 aliphatic rings. The van der Waals surface area contributed by atoms with E-state index in [1.54, 1.807) is 7.11 Å². The maximum absolute atomic E-state index is 12.8. The lowest BCUT2D eigenvalue weighted by Crippen LogP contribution is -2.35. The van der Waals surface area contributed by atoms with Gasteiger partial charge in [0.05, 0.1) is 7.11 Å². The van der Waals surface area contributed by atoms with Crippen LogP contribution >= 0.6 is 0 Å². The van der Waals surface area contributed by atoms with E-state index < -0.39 is 11.5 Å². The lowest BCUT2D eigenvalue weighted by Gasteiger charge is -2.17. The third-order valence-corrected chi connectivity index (χ3v) is 5.09. The van der Waals surface area contributed by atoms with E-state index in [1.807, 2.05) is 47.4 Å². The van der Waals surface area contributed by atoms with Gasteiger partial charge in [0, 0.05) is 25.3 Å². The molecule has 0 radical (unpaired) electrons. The summed E-state index contributed by atoms with van der Waals surface area (Å²) in [4.78, 5) is 27.1. The number of anilines is 2. The van der Waals surface area contributed by atoms with Crippen molar-refractivity contribution in [2.75, 3.05) is 25.1 Å². The van der Waals surface area contributed by atoms with Gasteiger partial charge in [-0.1, -0.05) is 30.3 Å². The number of carbonyl (C=O) groups is 1. The van der Waals surface area contributed by atoms with Gasteiger partial charge >= 0.3 is 0 Å². The number of carbonyl (C=O) groups excluding carboxylic acids is 1. The van der Waals surface area contributed by atoms with Gasteiger partial charge in [-0.05, 0) is 42.7 Å². The zero-order chi connectivity index (χ0) is 20.9. The zero-order valence-electron chi connectivity index (χ0n) is 16.7. The fourth-order valence-electron chi connectivity index (χ4n) is 3.48. The SMILES string of the molecule is COc1ccc(N2CCn3c2nnc(C(=O)NCCCc2ccccc2)c3=O)cc1. The van der Waals surface area contributed by atoms with E-state index in [4.69, 9.17) is 4.74 Å². The van der Waals surface area contributed by atoms with Crippen LogP contribution in [-0.4, -0.2) is 40.9 Å². The predicted octanol–water partition coefficient (Wildman–Crippen LogP) is 2.16. The van der Waals surface area contributed by atoms with Gasteiger partial charge in [-0.15, -0.1) is 10.2 Å². The molecule has 0 unspecified atom stereocenters. The van der Waals surface area contributed by atoms with Crippen molar-refractivity contribution in [3.8, 4) is 5.75 Å². The largest absolute Gasteiger partial charge is 0.497 e. The molecule has 1 N–H and O–H groups in total. The monoisotopic (exact) mass is 405 g/mol. The van der Waals surface area contributed by atoms with Gasteiger partial charge in [-0.2, -0.15) is 0 Å². The van der Waals surface area contributed by atoms with Gasteiger partial charge in [0.1, 0.15) is 5.75 Å². The van der Waals surface area contributed by atoms with E-state index in [2.05, 4.69) is 27.6 Å². The average molecular weight is 405 g/mol. The number of nitrogens with one attached hydrogen (secondary N) is 1. The molecule has 0 saturated carbocycles. The van der Waals surface area contributed by atoms with Crippen LogP contribution in [0.2, 0.25) is 0 Å². The fraction of sp³-hybridized carbons (Fsp3) is 0.273. The number of aryl methyl sites for hydroxylation is 1. The Morgan fingerprint density at radius 1 is 1.07 bits per heavy atom. The second-order valence-corrected chi connectivity index (χ2v) is 7.00. The van der Waals surface area contributed by atoms with Crippen molar-refractivity contribution in [1.82, 2.24) is 20.1 Å². The number of methoxy groups -OCH3 is 1. The first-order valence-electron chi connectivity index (χ1n) is 9.88. The molecule has 0 aliphatic carbocycles. The summed E-state index contributed by atoms with van der Waals surface area (Å²) < 4.78 is 6.68. The van der Waals surface area contributed by atoms with Crippen LogP contribution in [0.25, 0.3) is 0 Å². The third-order valence-electron chi connectivity index (χ3n) is 5.09. The van der Waals surface area contributed by atoms with Crippen molar-refractivity contribution in [1.29, 1.82) is 0 Å². The van der Waals surface area contributed by atoms with Gasteiger partial charge in [0.2, 0.25) is 11.6 Å². The molecule has 2 aromatic carbocycles. The number of aromatic nitrogens is 3. The molecule has 2 heterocycles. The minimum Gasteiger partial charge on any atom is -0.497 e. The van der Waals surface area contributed by atoms with Crippen molar-refractivity contribution in [3.05, 3.63) is 76.2 Å². The van der Waals surface area contributed by atoms with Crippen LogP contribution in [0, 0.1) is 0 Å². The van der Waals surface area contributed by atoms with E-state index in [1.165, 1.54) is 10.1 Å². The average Bonchev–Trinajstić information content (AvgIpc) is 3.23. The van der Waals surface area contributed by atoms with Crippen LogP contribution in [-0.2, 0) is 13.0 Å². The molecule has 4 rings (SSSR count). The second kappa shape index (κ2) is 8.77. The molecule has 1 amide bonds. The highest BCUT2D eigenvalue weighted by Crippen LogP contribution is 2.28. The normalized spacial score (nSPS) is 12.5. The Morgan fingerprint density at radius 3 is 2.57 bits per heavy atom.